The second kappa shape index (κ2) is 9.60. The molecular formula is C24H24N2O4. The molecule has 0 unspecified atom stereocenters. The van der Waals surface area contributed by atoms with E-state index >= 15 is 0 Å². The fourth-order valence-electron chi connectivity index (χ4n) is 2.99. The first-order valence-electron chi connectivity index (χ1n) is 9.59. The molecule has 0 aliphatic heterocycles. The second-order valence-corrected chi connectivity index (χ2v) is 6.85. The minimum atomic E-state index is -0.426. The van der Waals surface area contributed by atoms with E-state index in [2.05, 4.69) is 10.9 Å². The van der Waals surface area contributed by atoms with Gasteiger partial charge in [0.25, 0.3) is 11.8 Å². The van der Waals surface area contributed by atoms with Crippen molar-refractivity contribution in [3.8, 4) is 22.6 Å². The van der Waals surface area contributed by atoms with Gasteiger partial charge in [-0.15, -0.1) is 0 Å². The van der Waals surface area contributed by atoms with Crippen molar-refractivity contribution in [2.24, 2.45) is 0 Å². The fraction of sp³-hybridized carbons (Fsp3) is 0.167. The van der Waals surface area contributed by atoms with Crippen LogP contribution in [0, 0.1) is 0 Å². The van der Waals surface area contributed by atoms with E-state index in [1.165, 1.54) is 0 Å². The van der Waals surface area contributed by atoms with Crippen molar-refractivity contribution < 1.29 is 19.1 Å². The van der Waals surface area contributed by atoms with Gasteiger partial charge in [0.15, 0.2) is 0 Å². The van der Waals surface area contributed by atoms with Gasteiger partial charge < -0.3 is 9.47 Å². The molecule has 0 bridgehead atoms. The highest BCUT2D eigenvalue weighted by molar-refractivity contribution is 6.03. The Balaban J connectivity index is 1.72. The highest BCUT2D eigenvalue weighted by atomic mass is 16.5. The maximum absolute atomic E-state index is 12.8. The van der Waals surface area contributed by atoms with Crippen LogP contribution in [0.1, 0.15) is 34.6 Å². The summed E-state index contributed by atoms with van der Waals surface area (Å²) < 4.78 is 11.0. The van der Waals surface area contributed by atoms with E-state index in [9.17, 15) is 9.59 Å². The highest BCUT2D eigenvalue weighted by Crippen LogP contribution is 2.31. The number of hydrazine groups is 1. The normalized spacial score (nSPS) is 10.4. The first kappa shape index (κ1) is 20.9. The van der Waals surface area contributed by atoms with E-state index in [1.807, 2.05) is 50.2 Å². The molecule has 0 radical (unpaired) electrons. The number of amides is 2. The molecule has 0 heterocycles. The van der Waals surface area contributed by atoms with Crippen LogP contribution in [0.2, 0.25) is 0 Å². The van der Waals surface area contributed by atoms with Crippen LogP contribution in [0.5, 0.6) is 11.5 Å². The number of ether oxygens (including phenoxy) is 2. The molecule has 0 aliphatic rings. The number of hydrogen-bond donors (Lipinski definition) is 2. The van der Waals surface area contributed by atoms with E-state index in [-0.39, 0.29) is 6.10 Å². The lowest BCUT2D eigenvalue weighted by molar-refractivity contribution is 0.0847. The molecule has 0 saturated heterocycles. The van der Waals surface area contributed by atoms with Crippen molar-refractivity contribution in [2.75, 3.05) is 7.11 Å². The zero-order valence-electron chi connectivity index (χ0n) is 17.1. The first-order chi connectivity index (χ1) is 14.5. The third-order valence-corrected chi connectivity index (χ3v) is 4.35. The summed E-state index contributed by atoms with van der Waals surface area (Å²) in [5.74, 6) is 0.487. The van der Waals surface area contributed by atoms with Crippen LogP contribution in [-0.2, 0) is 0 Å². The number of carbonyl (C=O) groups excluding carboxylic acids is 2. The van der Waals surface area contributed by atoms with Gasteiger partial charge in [0.1, 0.15) is 11.5 Å². The molecule has 0 aromatic heterocycles. The molecule has 3 aromatic rings. The Labute approximate surface area is 175 Å². The van der Waals surface area contributed by atoms with E-state index in [0.29, 0.717) is 28.2 Å². The Hall–Kier alpha value is -3.80. The van der Waals surface area contributed by atoms with Gasteiger partial charge in [0.2, 0.25) is 0 Å². The van der Waals surface area contributed by atoms with Crippen LogP contribution in [0.4, 0.5) is 0 Å². The van der Waals surface area contributed by atoms with Crippen LogP contribution >= 0.6 is 0 Å². The summed E-state index contributed by atoms with van der Waals surface area (Å²) in [5.41, 5.74) is 7.26. The van der Waals surface area contributed by atoms with E-state index < -0.39 is 11.8 Å². The number of hydrogen-bond acceptors (Lipinski definition) is 4. The molecule has 154 valence electrons. The smallest absolute Gasteiger partial charge is 0.270 e. The van der Waals surface area contributed by atoms with Gasteiger partial charge in [-0.25, -0.2) is 0 Å². The van der Waals surface area contributed by atoms with Gasteiger partial charge in [-0.3, -0.25) is 20.4 Å². The summed E-state index contributed by atoms with van der Waals surface area (Å²) in [5, 5.41) is 0. The van der Waals surface area contributed by atoms with Crippen molar-refractivity contribution in [1.29, 1.82) is 0 Å². The number of nitrogens with one attached hydrogen (secondary N) is 2. The average molecular weight is 404 g/mol. The topological polar surface area (TPSA) is 76.7 Å². The van der Waals surface area contributed by atoms with Crippen LogP contribution in [0.3, 0.4) is 0 Å². The predicted octanol–water partition coefficient (Wildman–Crippen LogP) is 4.22. The van der Waals surface area contributed by atoms with Gasteiger partial charge in [-0.2, -0.15) is 0 Å². The quantitative estimate of drug-likeness (QED) is 0.603. The third-order valence-electron chi connectivity index (χ3n) is 4.35. The lowest BCUT2D eigenvalue weighted by atomic mass is 9.98. The molecule has 0 spiro atoms. The molecule has 2 amide bonds. The van der Waals surface area contributed by atoms with E-state index in [0.717, 1.165) is 5.56 Å². The summed E-state index contributed by atoms with van der Waals surface area (Å²) in [6, 6.07) is 21.3. The average Bonchev–Trinajstić information content (AvgIpc) is 2.77. The van der Waals surface area contributed by atoms with Gasteiger partial charge in [-0.1, -0.05) is 36.4 Å². The van der Waals surface area contributed by atoms with Crippen LogP contribution in [-0.4, -0.2) is 25.0 Å². The van der Waals surface area contributed by atoms with Crippen LogP contribution < -0.4 is 20.3 Å². The molecule has 0 atom stereocenters. The summed E-state index contributed by atoms with van der Waals surface area (Å²) in [7, 11) is 1.58. The van der Waals surface area contributed by atoms with Gasteiger partial charge in [0.05, 0.1) is 13.2 Å². The predicted molar refractivity (Wildman–Crippen MR) is 116 cm³/mol. The van der Waals surface area contributed by atoms with Crippen molar-refractivity contribution in [1.82, 2.24) is 10.9 Å². The Morgan fingerprint density at radius 2 is 1.37 bits per heavy atom. The minimum absolute atomic E-state index is 0.0484. The minimum Gasteiger partial charge on any atom is -0.496 e. The van der Waals surface area contributed by atoms with Crippen LogP contribution in [0.25, 0.3) is 11.1 Å². The molecule has 2 N–H and O–H groups in total. The molecule has 30 heavy (non-hydrogen) atoms. The molecular weight excluding hydrogens is 380 g/mol. The first-order valence-corrected chi connectivity index (χ1v) is 9.59. The number of methoxy groups -OCH3 is 1. The zero-order chi connectivity index (χ0) is 21.5. The molecule has 3 aromatic carbocycles. The lowest BCUT2D eigenvalue weighted by Gasteiger charge is -2.14. The van der Waals surface area contributed by atoms with Crippen molar-refractivity contribution >= 4 is 11.8 Å². The second-order valence-electron chi connectivity index (χ2n) is 6.85. The SMILES string of the molecule is COc1ccccc1-c1ccccc1C(=O)NNC(=O)c1ccc(OC(C)C)cc1. The van der Waals surface area contributed by atoms with Gasteiger partial charge >= 0.3 is 0 Å². The summed E-state index contributed by atoms with van der Waals surface area (Å²) in [6.45, 7) is 3.86. The fourth-order valence-corrected chi connectivity index (χ4v) is 2.99. The Morgan fingerprint density at radius 1 is 0.767 bits per heavy atom. The summed E-state index contributed by atoms with van der Waals surface area (Å²) >= 11 is 0. The lowest BCUT2D eigenvalue weighted by Crippen LogP contribution is -2.41. The van der Waals surface area contributed by atoms with Crippen molar-refractivity contribution in [2.45, 2.75) is 20.0 Å². The van der Waals surface area contributed by atoms with E-state index in [4.69, 9.17) is 9.47 Å². The number of para-hydroxylation sites is 1. The summed E-state index contributed by atoms with van der Waals surface area (Å²) in [4.78, 5) is 25.1. The number of rotatable bonds is 6. The Bertz CT molecular complexity index is 1030. The summed E-state index contributed by atoms with van der Waals surface area (Å²) in [6.07, 6.45) is 0.0484. The molecule has 0 saturated carbocycles. The van der Waals surface area contributed by atoms with E-state index in [1.54, 1.807) is 43.5 Å². The zero-order valence-corrected chi connectivity index (χ0v) is 17.1. The monoisotopic (exact) mass is 404 g/mol. The highest BCUT2D eigenvalue weighted by Gasteiger charge is 2.16. The molecule has 0 aliphatic carbocycles. The third kappa shape index (κ3) is 4.97. The van der Waals surface area contributed by atoms with Gasteiger partial charge in [-0.05, 0) is 55.8 Å². The Morgan fingerprint density at radius 3 is 2.03 bits per heavy atom. The van der Waals surface area contributed by atoms with Crippen molar-refractivity contribution in [3.05, 3.63) is 83.9 Å². The molecule has 6 nitrogen and oxygen atoms in total. The largest absolute Gasteiger partial charge is 0.496 e. The Kier molecular flexibility index (Phi) is 6.70. The number of benzene rings is 3. The van der Waals surface area contributed by atoms with Crippen molar-refractivity contribution in [3.63, 3.8) is 0 Å². The number of carbonyl (C=O) groups is 2. The van der Waals surface area contributed by atoms with Gasteiger partial charge in [0, 0.05) is 16.7 Å². The molecule has 0 fully saturated rings. The standard InChI is InChI=1S/C24H24N2O4/c1-16(2)30-18-14-12-17(13-15-18)23(27)25-26-24(28)21-10-5-4-8-19(21)20-9-6-7-11-22(20)29-3/h4-16H,1-3H3,(H,25,27)(H,26,28). The van der Waals surface area contributed by atoms with Crippen LogP contribution in [0.15, 0.2) is 72.8 Å². The maximum atomic E-state index is 12.8. The molecule has 6 heteroatoms. The maximum Gasteiger partial charge on any atom is 0.270 e. The molecule has 3 rings (SSSR count).